The molecule has 1 aromatic heterocycles. The molecule has 0 aliphatic heterocycles. The first-order valence-electron chi connectivity index (χ1n) is 9.00. The molecule has 0 radical (unpaired) electrons. The number of benzene rings is 3. The molecule has 3 aromatic carbocycles. The predicted molar refractivity (Wildman–Crippen MR) is 110 cm³/mol. The monoisotopic (exact) mass is 372 g/mol. The summed E-state index contributed by atoms with van der Waals surface area (Å²) in [7, 11) is 1.59. The first-order chi connectivity index (χ1) is 13.6. The number of aromatic amines is 1. The lowest BCUT2D eigenvalue weighted by atomic mass is 10.1. The Hall–Kier alpha value is -3.60. The molecule has 1 heterocycles. The zero-order valence-electron chi connectivity index (χ0n) is 15.7. The highest BCUT2D eigenvalue weighted by atomic mass is 16.5. The molecule has 0 saturated heterocycles. The van der Waals surface area contributed by atoms with Crippen molar-refractivity contribution in [2.24, 2.45) is 0 Å². The van der Waals surface area contributed by atoms with Gasteiger partial charge < -0.3 is 14.5 Å². The Labute approximate surface area is 162 Å². The average Bonchev–Trinajstić information content (AvgIpc) is 2.73. The van der Waals surface area contributed by atoms with E-state index in [9.17, 15) is 4.79 Å². The minimum atomic E-state index is -0.167. The van der Waals surface area contributed by atoms with Crippen molar-refractivity contribution in [2.45, 2.75) is 13.5 Å². The molecule has 5 nitrogen and oxygen atoms in total. The maximum Gasteiger partial charge on any atom is 0.259 e. The molecule has 140 valence electrons. The number of rotatable bonds is 5. The summed E-state index contributed by atoms with van der Waals surface area (Å²) >= 11 is 0. The molecule has 0 unspecified atom stereocenters. The van der Waals surface area contributed by atoms with Crippen LogP contribution in [0, 0.1) is 6.92 Å². The van der Waals surface area contributed by atoms with Crippen LogP contribution < -0.4 is 15.0 Å². The SMILES string of the molecule is COc1cc(-c2nc3ccccc3c(=O)[nH]2)ccc1OCc1ccc(C)cc1. The Balaban J connectivity index is 1.63. The summed E-state index contributed by atoms with van der Waals surface area (Å²) in [5, 5.41) is 0.566. The lowest BCUT2D eigenvalue weighted by Crippen LogP contribution is -2.09. The molecular formula is C23H20N2O3. The molecule has 0 amide bonds. The summed E-state index contributed by atoms with van der Waals surface area (Å²) in [6, 6.07) is 21.0. The minimum Gasteiger partial charge on any atom is -0.493 e. The van der Waals surface area contributed by atoms with Crippen LogP contribution in [0.5, 0.6) is 11.5 Å². The number of aryl methyl sites for hydroxylation is 1. The molecule has 0 spiro atoms. The topological polar surface area (TPSA) is 64.2 Å². The summed E-state index contributed by atoms with van der Waals surface area (Å²) in [6.07, 6.45) is 0. The molecule has 0 fully saturated rings. The van der Waals surface area contributed by atoms with Gasteiger partial charge in [-0.15, -0.1) is 0 Å². The van der Waals surface area contributed by atoms with Gasteiger partial charge in [-0.3, -0.25) is 4.79 Å². The normalized spacial score (nSPS) is 10.8. The van der Waals surface area contributed by atoms with E-state index in [1.54, 1.807) is 13.2 Å². The van der Waals surface area contributed by atoms with Crippen molar-refractivity contribution in [3.8, 4) is 22.9 Å². The van der Waals surface area contributed by atoms with Crippen molar-refractivity contribution >= 4 is 10.9 Å². The van der Waals surface area contributed by atoms with Crippen LogP contribution in [-0.2, 0) is 6.61 Å². The van der Waals surface area contributed by atoms with E-state index in [1.165, 1.54) is 5.56 Å². The molecule has 0 atom stereocenters. The Morgan fingerprint density at radius 1 is 0.964 bits per heavy atom. The Morgan fingerprint density at radius 2 is 1.75 bits per heavy atom. The maximum atomic E-state index is 12.3. The van der Waals surface area contributed by atoms with Crippen LogP contribution in [-0.4, -0.2) is 17.1 Å². The van der Waals surface area contributed by atoms with Gasteiger partial charge in [0, 0.05) is 5.56 Å². The van der Waals surface area contributed by atoms with E-state index in [4.69, 9.17) is 9.47 Å². The second kappa shape index (κ2) is 7.56. The van der Waals surface area contributed by atoms with Crippen LogP contribution in [0.3, 0.4) is 0 Å². The van der Waals surface area contributed by atoms with E-state index in [1.807, 2.05) is 48.5 Å². The summed E-state index contributed by atoms with van der Waals surface area (Å²) in [6.45, 7) is 2.50. The van der Waals surface area contributed by atoms with Gasteiger partial charge in [0.05, 0.1) is 18.0 Å². The van der Waals surface area contributed by atoms with Gasteiger partial charge in [-0.2, -0.15) is 0 Å². The summed E-state index contributed by atoms with van der Waals surface area (Å²) < 4.78 is 11.4. The number of ether oxygens (including phenoxy) is 2. The molecule has 0 saturated carbocycles. The standard InChI is InChI=1S/C23H20N2O3/c1-15-7-9-16(10-8-15)14-28-20-12-11-17(13-21(20)27-2)22-24-19-6-4-3-5-18(19)23(26)25-22/h3-13H,14H2,1-2H3,(H,24,25,26). The van der Waals surface area contributed by atoms with Crippen LogP contribution in [0.2, 0.25) is 0 Å². The molecular weight excluding hydrogens is 352 g/mol. The number of H-pyrrole nitrogens is 1. The van der Waals surface area contributed by atoms with Gasteiger partial charge >= 0.3 is 0 Å². The third-order valence-electron chi connectivity index (χ3n) is 4.56. The van der Waals surface area contributed by atoms with Crippen molar-refractivity contribution in [1.82, 2.24) is 9.97 Å². The van der Waals surface area contributed by atoms with Crippen LogP contribution in [0.1, 0.15) is 11.1 Å². The average molecular weight is 372 g/mol. The molecule has 28 heavy (non-hydrogen) atoms. The highest BCUT2D eigenvalue weighted by Gasteiger charge is 2.11. The van der Waals surface area contributed by atoms with Gasteiger partial charge in [0.2, 0.25) is 0 Å². The minimum absolute atomic E-state index is 0.167. The molecule has 5 heteroatoms. The van der Waals surface area contributed by atoms with Crippen molar-refractivity contribution in [3.05, 3.63) is 88.2 Å². The first kappa shape index (κ1) is 17.8. The summed E-state index contributed by atoms with van der Waals surface area (Å²) in [5.74, 6) is 1.71. The Morgan fingerprint density at radius 3 is 2.54 bits per heavy atom. The van der Waals surface area contributed by atoms with Crippen LogP contribution >= 0.6 is 0 Å². The quantitative estimate of drug-likeness (QED) is 0.561. The summed E-state index contributed by atoms with van der Waals surface area (Å²) in [5.41, 5.74) is 3.53. The third-order valence-corrected chi connectivity index (χ3v) is 4.56. The van der Waals surface area contributed by atoms with Crippen molar-refractivity contribution in [1.29, 1.82) is 0 Å². The number of fused-ring (bicyclic) bond motifs is 1. The van der Waals surface area contributed by atoms with Crippen LogP contribution in [0.4, 0.5) is 0 Å². The number of nitrogens with zero attached hydrogens (tertiary/aromatic N) is 1. The number of methoxy groups -OCH3 is 1. The highest BCUT2D eigenvalue weighted by Crippen LogP contribution is 2.32. The van der Waals surface area contributed by atoms with Crippen molar-refractivity contribution in [2.75, 3.05) is 7.11 Å². The second-order valence-corrected chi connectivity index (χ2v) is 6.57. The summed E-state index contributed by atoms with van der Waals surface area (Å²) in [4.78, 5) is 19.7. The molecule has 1 N–H and O–H groups in total. The predicted octanol–water partition coefficient (Wildman–Crippen LogP) is 4.49. The number of nitrogens with one attached hydrogen (secondary N) is 1. The number of hydrogen-bond donors (Lipinski definition) is 1. The molecule has 0 aliphatic carbocycles. The Kier molecular flexibility index (Phi) is 4.81. The van der Waals surface area contributed by atoms with Gasteiger partial charge in [0.15, 0.2) is 11.5 Å². The number of para-hydroxylation sites is 1. The van der Waals surface area contributed by atoms with E-state index < -0.39 is 0 Å². The van der Waals surface area contributed by atoms with E-state index >= 15 is 0 Å². The smallest absolute Gasteiger partial charge is 0.259 e. The highest BCUT2D eigenvalue weighted by molar-refractivity contribution is 5.79. The lowest BCUT2D eigenvalue weighted by molar-refractivity contribution is 0.284. The Bertz CT molecular complexity index is 1180. The van der Waals surface area contributed by atoms with Crippen molar-refractivity contribution < 1.29 is 9.47 Å². The van der Waals surface area contributed by atoms with Gasteiger partial charge in [0.1, 0.15) is 12.4 Å². The lowest BCUT2D eigenvalue weighted by Gasteiger charge is -2.12. The van der Waals surface area contributed by atoms with Gasteiger partial charge in [0.25, 0.3) is 5.56 Å². The largest absolute Gasteiger partial charge is 0.493 e. The molecule has 0 bridgehead atoms. The zero-order valence-corrected chi connectivity index (χ0v) is 15.7. The van der Waals surface area contributed by atoms with Crippen molar-refractivity contribution in [3.63, 3.8) is 0 Å². The van der Waals surface area contributed by atoms with E-state index in [0.717, 1.165) is 11.1 Å². The molecule has 0 aliphatic rings. The number of aromatic nitrogens is 2. The fourth-order valence-electron chi connectivity index (χ4n) is 3.00. The third kappa shape index (κ3) is 3.60. The van der Waals surface area contributed by atoms with Gasteiger partial charge in [-0.1, -0.05) is 42.0 Å². The van der Waals surface area contributed by atoms with Crippen LogP contribution in [0.15, 0.2) is 71.5 Å². The van der Waals surface area contributed by atoms with E-state index in [-0.39, 0.29) is 5.56 Å². The fraction of sp³-hybridized carbons (Fsp3) is 0.130. The maximum absolute atomic E-state index is 12.3. The van der Waals surface area contributed by atoms with E-state index in [0.29, 0.717) is 34.8 Å². The van der Waals surface area contributed by atoms with Gasteiger partial charge in [-0.25, -0.2) is 4.98 Å². The first-order valence-corrected chi connectivity index (χ1v) is 9.00. The zero-order chi connectivity index (χ0) is 19.5. The molecule has 4 rings (SSSR count). The molecule has 4 aromatic rings. The van der Waals surface area contributed by atoms with E-state index in [2.05, 4.69) is 29.0 Å². The van der Waals surface area contributed by atoms with Gasteiger partial charge in [-0.05, 0) is 42.8 Å². The second-order valence-electron chi connectivity index (χ2n) is 6.57. The number of hydrogen-bond acceptors (Lipinski definition) is 4. The van der Waals surface area contributed by atoms with Crippen LogP contribution in [0.25, 0.3) is 22.3 Å². The fourth-order valence-corrected chi connectivity index (χ4v) is 3.00.